The zero-order valence-corrected chi connectivity index (χ0v) is 17.7. The molecule has 7 nitrogen and oxygen atoms in total. The fourth-order valence-electron chi connectivity index (χ4n) is 4.07. The van der Waals surface area contributed by atoms with Gasteiger partial charge in [-0.3, -0.25) is 9.59 Å². The largest absolute Gasteiger partial charge is 0.507 e. The molecule has 2 aliphatic heterocycles. The summed E-state index contributed by atoms with van der Waals surface area (Å²) in [5.74, 6) is -0.446. The highest BCUT2D eigenvalue weighted by atomic mass is 19.1. The number of halogens is 1. The van der Waals surface area contributed by atoms with Crippen molar-refractivity contribution in [1.82, 2.24) is 4.90 Å². The summed E-state index contributed by atoms with van der Waals surface area (Å²) >= 11 is 0. The number of rotatable bonds is 4. The molecule has 5 rings (SSSR count). The number of carbonyl (C=O) groups is 2. The van der Waals surface area contributed by atoms with Crippen LogP contribution in [0.3, 0.4) is 0 Å². The molecule has 1 N–H and O–H groups in total. The summed E-state index contributed by atoms with van der Waals surface area (Å²) in [4.78, 5) is 27.4. The third-order valence-corrected chi connectivity index (χ3v) is 5.65. The lowest BCUT2D eigenvalue weighted by molar-refractivity contribution is -0.140. The van der Waals surface area contributed by atoms with Crippen LogP contribution in [0.15, 0.2) is 64.6 Å². The van der Waals surface area contributed by atoms with E-state index < -0.39 is 23.5 Å². The van der Waals surface area contributed by atoms with Gasteiger partial charge in [-0.05, 0) is 55.0 Å². The van der Waals surface area contributed by atoms with Gasteiger partial charge in [-0.2, -0.15) is 0 Å². The molecular weight excluding hydrogens is 429 g/mol. The number of ketones is 1. The Labute approximate surface area is 188 Å². The van der Waals surface area contributed by atoms with E-state index in [1.54, 1.807) is 49.4 Å². The molecule has 0 spiro atoms. The molecule has 0 radical (unpaired) electrons. The molecule has 0 aliphatic carbocycles. The van der Waals surface area contributed by atoms with Crippen LogP contribution >= 0.6 is 0 Å². The van der Waals surface area contributed by atoms with E-state index in [1.165, 1.54) is 17.0 Å². The first-order valence-corrected chi connectivity index (χ1v) is 10.4. The topological polar surface area (TPSA) is 89.2 Å². The highest BCUT2D eigenvalue weighted by molar-refractivity contribution is 6.46. The summed E-state index contributed by atoms with van der Waals surface area (Å²) < 4.78 is 30.2. The van der Waals surface area contributed by atoms with Crippen molar-refractivity contribution in [2.45, 2.75) is 19.5 Å². The van der Waals surface area contributed by atoms with E-state index in [9.17, 15) is 19.1 Å². The molecule has 1 amide bonds. The number of likely N-dealkylation sites (tertiary alicyclic amines) is 1. The smallest absolute Gasteiger partial charge is 0.296 e. The fraction of sp³-hybridized carbons (Fsp3) is 0.200. The quantitative estimate of drug-likeness (QED) is 0.366. The molecule has 8 heteroatoms. The van der Waals surface area contributed by atoms with Gasteiger partial charge in [-0.1, -0.05) is 12.1 Å². The molecule has 1 atom stereocenters. The van der Waals surface area contributed by atoms with Gasteiger partial charge in [0.15, 0.2) is 11.5 Å². The van der Waals surface area contributed by atoms with Gasteiger partial charge in [0, 0.05) is 12.1 Å². The molecular formula is C25H20FNO6. The Morgan fingerprint density at radius 3 is 2.45 bits per heavy atom. The Morgan fingerprint density at radius 2 is 1.76 bits per heavy atom. The van der Waals surface area contributed by atoms with Gasteiger partial charge in [0.1, 0.15) is 42.4 Å². The highest BCUT2D eigenvalue weighted by Crippen LogP contribution is 2.42. The third-order valence-electron chi connectivity index (χ3n) is 5.65. The molecule has 1 unspecified atom stereocenters. The minimum Gasteiger partial charge on any atom is -0.507 e. The molecule has 0 bridgehead atoms. The summed E-state index contributed by atoms with van der Waals surface area (Å²) in [6, 6.07) is 12.9. The molecule has 1 aromatic heterocycles. The number of benzene rings is 2. The second-order valence-electron chi connectivity index (χ2n) is 7.86. The van der Waals surface area contributed by atoms with Gasteiger partial charge in [0.2, 0.25) is 0 Å². The normalized spacial score (nSPS) is 19.2. The van der Waals surface area contributed by atoms with Gasteiger partial charge in [-0.15, -0.1) is 0 Å². The average Bonchev–Trinajstić information content (AvgIpc) is 3.36. The number of aryl methyl sites for hydroxylation is 1. The van der Waals surface area contributed by atoms with Crippen LogP contribution < -0.4 is 9.47 Å². The maximum absolute atomic E-state index is 13.3. The van der Waals surface area contributed by atoms with Gasteiger partial charge in [0.05, 0.1) is 5.57 Å². The molecule has 2 aromatic carbocycles. The number of hydrogen-bond acceptors (Lipinski definition) is 6. The van der Waals surface area contributed by atoms with E-state index in [-0.39, 0.29) is 17.9 Å². The number of aliphatic hydroxyl groups is 1. The SMILES string of the molecule is Cc1ccc(C2/C(=C(/O)c3ccc4c(c3)OCCO4)C(=O)C(=O)N2Cc2ccc(F)cc2)o1. The summed E-state index contributed by atoms with van der Waals surface area (Å²) in [5.41, 5.74) is 0.853. The summed E-state index contributed by atoms with van der Waals surface area (Å²) in [7, 11) is 0. The molecule has 3 aromatic rings. The number of fused-ring (bicyclic) bond motifs is 1. The predicted molar refractivity (Wildman–Crippen MR) is 115 cm³/mol. The van der Waals surface area contributed by atoms with Crippen LogP contribution in [-0.2, 0) is 16.1 Å². The van der Waals surface area contributed by atoms with Crippen LogP contribution in [0, 0.1) is 12.7 Å². The van der Waals surface area contributed by atoms with Crippen LogP contribution in [0.5, 0.6) is 11.5 Å². The Balaban J connectivity index is 1.61. The Bertz CT molecular complexity index is 1280. The molecule has 0 saturated carbocycles. The summed E-state index contributed by atoms with van der Waals surface area (Å²) in [5, 5.41) is 11.2. The van der Waals surface area contributed by atoms with Crippen molar-refractivity contribution < 1.29 is 33.0 Å². The van der Waals surface area contributed by atoms with Crippen molar-refractivity contribution in [3.05, 3.63) is 88.6 Å². The number of ether oxygens (including phenoxy) is 2. The predicted octanol–water partition coefficient (Wildman–Crippen LogP) is 4.12. The average molecular weight is 449 g/mol. The number of amides is 1. The lowest BCUT2D eigenvalue weighted by Gasteiger charge is -2.23. The molecule has 168 valence electrons. The number of carbonyl (C=O) groups excluding carboxylic acids is 2. The number of hydrogen-bond donors (Lipinski definition) is 1. The van der Waals surface area contributed by atoms with Crippen molar-refractivity contribution in [2.75, 3.05) is 13.2 Å². The summed E-state index contributed by atoms with van der Waals surface area (Å²) in [6.07, 6.45) is 0. The standard InChI is InChI=1S/C25H20FNO6/c1-14-2-8-19(33-14)22-21(23(28)16-5-9-18-20(12-16)32-11-10-31-18)24(29)25(30)27(22)13-15-3-6-17(26)7-4-15/h2-9,12,22,28H,10-11,13H2,1H3/b23-21-. The fourth-order valence-corrected chi connectivity index (χ4v) is 4.07. The number of nitrogens with zero attached hydrogens (tertiary/aromatic N) is 1. The molecule has 2 aliphatic rings. The van der Waals surface area contributed by atoms with E-state index in [2.05, 4.69) is 0 Å². The van der Waals surface area contributed by atoms with Crippen molar-refractivity contribution in [2.24, 2.45) is 0 Å². The maximum Gasteiger partial charge on any atom is 0.296 e. The second kappa shape index (κ2) is 8.12. The molecule has 3 heterocycles. The third kappa shape index (κ3) is 3.73. The van der Waals surface area contributed by atoms with E-state index in [0.717, 1.165) is 0 Å². The monoisotopic (exact) mass is 449 g/mol. The first-order valence-electron chi connectivity index (χ1n) is 10.4. The minimum atomic E-state index is -0.947. The van der Waals surface area contributed by atoms with E-state index >= 15 is 0 Å². The Kier molecular flexibility index (Phi) is 5.12. The molecule has 1 saturated heterocycles. The number of furan rings is 1. The number of aliphatic hydroxyl groups excluding tert-OH is 1. The van der Waals surface area contributed by atoms with Crippen LogP contribution in [0.2, 0.25) is 0 Å². The van der Waals surface area contributed by atoms with Gasteiger partial charge in [0.25, 0.3) is 11.7 Å². The highest BCUT2D eigenvalue weighted by Gasteiger charge is 2.47. The van der Waals surface area contributed by atoms with E-state index in [0.29, 0.717) is 47.4 Å². The van der Waals surface area contributed by atoms with Crippen LogP contribution in [0.25, 0.3) is 5.76 Å². The van der Waals surface area contributed by atoms with E-state index in [4.69, 9.17) is 13.9 Å². The lowest BCUT2D eigenvalue weighted by Crippen LogP contribution is -2.29. The van der Waals surface area contributed by atoms with Gasteiger partial charge in [-0.25, -0.2) is 4.39 Å². The Morgan fingerprint density at radius 1 is 1.03 bits per heavy atom. The summed E-state index contributed by atoms with van der Waals surface area (Å²) in [6.45, 7) is 2.57. The molecule has 33 heavy (non-hydrogen) atoms. The van der Waals surface area contributed by atoms with Crippen molar-refractivity contribution in [3.63, 3.8) is 0 Å². The Hall–Kier alpha value is -4.07. The zero-order valence-electron chi connectivity index (χ0n) is 17.7. The minimum absolute atomic E-state index is 0.0349. The zero-order chi connectivity index (χ0) is 23.1. The van der Waals surface area contributed by atoms with Gasteiger partial charge < -0.3 is 23.9 Å². The first-order chi connectivity index (χ1) is 15.9. The molecule has 1 fully saturated rings. The van der Waals surface area contributed by atoms with Crippen LogP contribution in [-0.4, -0.2) is 34.9 Å². The maximum atomic E-state index is 13.3. The number of Topliss-reactive ketones (excluding diaryl/α,β-unsaturated/α-hetero) is 1. The van der Waals surface area contributed by atoms with Crippen molar-refractivity contribution in [3.8, 4) is 11.5 Å². The first kappa shape index (κ1) is 20.8. The second-order valence-corrected chi connectivity index (χ2v) is 7.86. The van der Waals surface area contributed by atoms with Crippen LogP contribution in [0.1, 0.15) is 28.7 Å². The van der Waals surface area contributed by atoms with Gasteiger partial charge >= 0.3 is 0 Å². The lowest BCUT2D eigenvalue weighted by atomic mass is 9.99. The van der Waals surface area contributed by atoms with Crippen molar-refractivity contribution in [1.29, 1.82) is 0 Å². The van der Waals surface area contributed by atoms with E-state index in [1.807, 2.05) is 0 Å². The van der Waals surface area contributed by atoms with Crippen LogP contribution in [0.4, 0.5) is 4.39 Å². The van der Waals surface area contributed by atoms with Crippen molar-refractivity contribution >= 4 is 17.4 Å².